The summed E-state index contributed by atoms with van der Waals surface area (Å²) in [4.78, 5) is 20.7. The fraction of sp³-hybridized carbons (Fsp3) is 0.125. The normalized spacial score (nSPS) is 10.7. The molecule has 0 spiro atoms. The Morgan fingerprint density at radius 2 is 1.94 bits per heavy atom. The average molecular weight is 295 g/mol. The van der Waals surface area contributed by atoms with Gasteiger partial charge in [0, 0.05) is 22.8 Å². The second-order valence-corrected chi connectivity index (χ2v) is 5.34. The van der Waals surface area contributed by atoms with E-state index < -0.39 is 20.3 Å². The number of benzene rings is 1. The highest BCUT2D eigenvalue weighted by Gasteiger charge is 2.12. The number of halogens is 1. The van der Waals surface area contributed by atoms with Crippen molar-refractivity contribution in [1.29, 1.82) is 0 Å². The van der Waals surface area contributed by atoms with Crippen LogP contribution in [0.2, 0.25) is 0 Å². The number of carbonyl (C=O) groups is 1. The number of hydrogen-bond donors (Lipinski definition) is 1. The lowest BCUT2D eigenvalue weighted by Gasteiger charge is -2.04. The molecular formula is C8H7ClN2O6S. The minimum atomic E-state index is -4.19. The van der Waals surface area contributed by atoms with E-state index in [1.54, 1.807) is 0 Å². The van der Waals surface area contributed by atoms with E-state index in [1.165, 1.54) is 29.0 Å². The molecule has 0 atom stereocenters. The third-order valence-electron chi connectivity index (χ3n) is 1.72. The van der Waals surface area contributed by atoms with Crippen LogP contribution in [-0.2, 0) is 20.6 Å². The van der Waals surface area contributed by atoms with Crippen LogP contribution >= 0.6 is 10.7 Å². The van der Waals surface area contributed by atoms with E-state index in [1.807, 2.05) is 0 Å². The number of amides is 1. The van der Waals surface area contributed by atoms with E-state index in [0.717, 1.165) is 0 Å². The summed E-state index contributed by atoms with van der Waals surface area (Å²) in [6, 6.07) is 5.21. The number of ether oxygens (including phenoxy) is 1. The van der Waals surface area contributed by atoms with E-state index in [2.05, 4.69) is 4.74 Å². The van der Waals surface area contributed by atoms with Crippen LogP contribution in [0.15, 0.2) is 24.3 Å². The van der Waals surface area contributed by atoms with Crippen molar-refractivity contribution in [2.75, 3.05) is 0 Å². The number of carbonyl (C=O) groups excluding carboxylic acids is 1. The highest BCUT2D eigenvalue weighted by Crippen LogP contribution is 2.12. The van der Waals surface area contributed by atoms with E-state index in [0.29, 0.717) is 5.56 Å². The zero-order valence-electron chi connectivity index (χ0n) is 8.70. The molecule has 0 unspecified atom stereocenters. The number of rotatable bonds is 4. The SMILES string of the molecule is O=C(NS(=O)(=O)Cl)OCc1ccc([N+](=O)[O-])cc1. The molecule has 8 nitrogen and oxygen atoms in total. The Morgan fingerprint density at radius 3 is 2.39 bits per heavy atom. The lowest BCUT2D eigenvalue weighted by Crippen LogP contribution is -2.27. The molecule has 1 amide bonds. The third-order valence-corrected chi connectivity index (χ3v) is 2.36. The molecule has 1 aromatic carbocycles. The van der Waals surface area contributed by atoms with Crippen LogP contribution in [0.1, 0.15) is 5.56 Å². The molecule has 1 N–H and O–H groups in total. The summed E-state index contributed by atoms with van der Waals surface area (Å²) in [5, 5.41) is 10.4. The smallest absolute Gasteiger partial charge is 0.422 e. The Balaban J connectivity index is 2.54. The van der Waals surface area contributed by atoms with E-state index in [-0.39, 0.29) is 12.3 Å². The first-order valence-corrected chi connectivity index (χ1v) is 6.71. The number of nitro groups is 1. The van der Waals surface area contributed by atoms with Crippen LogP contribution in [-0.4, -0.2) is 19.4 Å². The van der Waals surface area contributed by atoms with Gasteiger partial charge < -0.3 is 4.74 Å². The van der Waals surface area contributed by atoms with Gasteiger partial charge in [0.2, 0.25) is 0 Å². The predicted octanol–water partition coefficient (Wildman–Crippen LogP) is 1.30. The van der Waals surface area contributed by atoms with Gasteiger partial charge in [0.25, 0.3) is 5.69 Å². The van der Waals surface area contributed by atoms with Crippen LogP contribution in [0.5, 0.6) is 0 Å². The maximum Gasteiger partial charge on any atom is 0.422 e. The van der Waals surface area contributed by atoms with Crippen molar-refractivity contribution in [3.05, 3.63) is 39.9 Å². The summed E-state index contributed by atoms with van der Waals surface area (Å²) >= 11 is 0. The van der Waals surface area contributed by atoms with Crippen molar-refractivity contribution >= 4 is 31.7 Å². The average Bonchev–Trinajstić information content (AvgIpc) is 2.24. The molecule has 0 radical (unpaired) electrons. The van der Waals surface area contributed by atoms with Crippen molar-refractivity contribution < 1.29 is 22.9 Å². The first-order valence-electron chi connectivity index (χ1n) is 4.40. The van der Waals surface area contributed by atoms with Crippen molar-refractivity contribution in [3.63, 3.8) is 0 Å². The second-order valence-electron chi connectivity index (χ2n) is 3.04. The summed E-state index contributed by atoms with van der Waals surface area (Å²) in [7, 11) is 0.563. The minimum Gasteiger partial charge on any atom is -0.444 e. The zero-order chi connectivity index (χ0) is 13.8. The summed E-state index contributed by atoms with van der Waals surface area (Å²) in [6.45, 7) is -0.240. The molecule has 0 fully saturated rings. The maximum absolute atomic E-state index is 10.9. The van der Waals surface area contributed by atoms with Gasteiger partial charge in [0.1, 0.15) is 6.61 Å². The van der Waals surface area contributed by atoms with Crippen LogP contribution < -0.4 is 4.72 Å². The third kappa shape index (κ3) is 4.97. The Bertz CT molecular complexity index is 555. The molecule has 1 rings (SSSR count). The standard InChI is InChI=1S/C8H7ClN2O6S/c9-18(15,16)10-8(12)17-5-6-1-3-7(4-2-6)11(13)14/h1-4H,5H2,(H,10,12). The Hall–Kier alpha value is -1.87. The van der Waals surface area contributed by atoms with Gasteiger partial charge in [0.05, 0.1) is 4.92 Å². The first-order chi connectivity index (χ1) is 8.28. The van der Waals surface area contributed by atoms with E-state index in [4.69, 9.17) is 10.7 Å². The molecule has 0 saturated carbocycles. The van der Waals surface area contributed by atoms with Crippen molar-refractivity contribution in [2.24, 2.45) is 0 Å². The highest BCUT2D eigenvalue weighted by atomic mass is 35.7. The van der Waals surface area contributed by atoms with E-state index >= 15 is 0 Å². The lowest BCUT2D eigenvalue weighted by atomic mass is 10.2. The quantitative estimate of drug-likeness (QED) is 0.508. The largest absolute Gasteiger partial charge is 0.444 e. The predicted molar refractivity (Wildman–Crippen MR) is 61.2 cm³/mol. The molecule has 0 aliphatic carbocycles. The molecule has 0 bridgehead atoms. The minimum absolute atomic E-state index is 0.105. The van der Waals surface area contributed by atoms with Crippen LogP contribution in [0.25, 0.3) is 0 Å². The molecule has 0 saturated heterocycles. The zero-order valence-corrected chi connectivity index (χ0v) is 10.3. The Kier molecular flexibility index (Phi) is 4.45. The number of nitro benzene ring substituents is 1. The monoisotopic (exact) mass is 294 g/mol. The molecular weight excluding hydrogens is 288 g/mol. The Morgan fingerprint density at radius 1 is 1.39 bits per heavy atom. The van der Waals surface area contributed by atoms with Gasteiger partial charge in [-0.25, -0.2) is 9.52 Å². The number of non-ortho nitro benzene ring substituents is 1. The molecule has 1 aromatic rings. The Labute approximate surface area is 106 Å². The van der Waals surface area contributed by atoms with Crippen LogP contribution in [0.3, 0.4) is 0 Å². The maximum atomic E-state index is 10.9. The molecule has 98 valence electrons. The van der Waals surface area contributed by atoms with Crippen molar-refractivity contribution in [1.82, 2.24) is 4.72 Å². The lowest BCUT2D eigenvalue weighted by molar-refractivity contribution is -0.384. The number of nitrogens with zero attached hydrogens (tertiary/aromatic N) is 1. The second kappa shape index (κ2) is 5.65. The summed E-state index contributed by atoms with van der Waals surface area (Å²) in [6.07, 6.45) is -1.23. The summed E-state index contributed by atoms with van der Waals surface area (Å²) in [5.74, 6) is 0. The van der Waals surface area contributed by atoms with E-state index in [9.17, 15) is 23.3 Å². The fourth-order valence-corrected chi connectivity index (χ4v) is 1.44. The molecule has 0 aliphatic heterocycles. The van der Waals surface area contributed by atoms with Gasteiger partial charge in [-0.05, 0) is 17.7 Å². The van der Waals surface area contributed by atoms with Gasteiger partial charge in [-0.2, -0.15) is 8.42 Å². The van der Waals surface area contributed by atoms with Gasteiger partial charge >= 0.3 is 15.3 Å². The van der Waals surface area contributed by atoms with Crippen molar-refractivity contribution in [3.8, 4) is 0 Å². The molecule has 18 heavy (non-hydrogen) atoms. The number of nitrogens with one attached hydrogen (secondary N) is 1. The van der Waals surface area contributed by atoms with Crippen molar-refractivity contribution in [2.45, 2.75) is 6.61 Å². The van der Waals surface area contributed by atoms with Crippen LogP contribution in [0.4, 0.5) is 10.5 Å². The number of hydrogen-bond acceptors (Lipinski definition) is 6. The molecule has 0 aromatic heterocycles. The summed E-state index contributed by atoms with van der Waals surface area (Å²) < 4.78 is 26.8. The first kappa shape index (κ1) is 14.2. The molecule has 10 heteroatoms. The topological polar surface area (TPSA) is 116 Å². The van der Waals surface area contributed by atoms with Gasteiger partial charge in [-0.15, -0.1) is 0 Å². The molecule has 0 aliphatic rings. The molecule has 0 heterocycles. The summed E-state index contributed by atoms with van der Waals surface area (Å²) in [5.41, 5.74) is 0.356. The van der Waals surface area contributed by atoms with Crippen LogP contribution in [0, 0.1) is 10.1 Å². The van der Waals surface area contributed by atoms with Gasteiger partial charge in [-0.3, -0.25) is 10.1 Å². The van der Waals surface area contributed by atoms with Gasteiger partial charge in [-0.1, -0.05) is 0 Å². The van der Waals surface area contributed by atoms with Gasteiger partial charge in [0.15, 0.2) is 0 Å². The fourth-order valence-electron chi connectivity index (χ4n) is 0.992. The highest BCUT2D eigenvalue weighted by molar-refractivity contribution is 8.12.